The number of aldehydes is 1. The zero-order valence-corrected chi connectivity index (χ0v) is 40.4. The molecule has 4 aromatic rings. The highest BCUT2D eigenvalue weighted by molar-refractivity contribution is 6.09. The molecule has 7 rings (SSSR count). The molecule has 366 valence electrons. The van der Waals surface area contributed by atoms with Crippen LogP contribution in [0.2, 0.25) is 0 Å². The number of benzene rings is 3. The fourth-order valence-corrected chi connectivity index (χ4v) is 9.64. The summed E-state index contributed by atoms with van der Waals surface area (Å²) in [7, 11) is 1.48. The molecule has 1 atom stereocenters. The predicted molar refractivity (Wildman–Crippen MR) is 264 cm³/mol. The van der Waals surface area contributed by atoms with E-state index in [1.54, 1.807) is 12.1 Å². The SMILES string of the molecule is CCN(c1cc(-c2ccc(CN3CCN(CC(=O)NCCNc4cccc(C=O)c4C(=O)N(C)C4CCC(=O)NC4=O)CC3)cc2)cc(C(=O)NCc2c(C)cc(C)[nH]c2=O)c1C)C1CCOCC1. The molecule has 0 spiro atoms. The number of piperidine rings is 1. The van der Waals surface area contributed by atoms with Crippen LogP contribution >= 0.6 is 0 Å². The summed E-state index contributed by atoms with van der Waals surface area (Å²) >= 11 is 0. The molecular formula is C52H65N9O8. The van der Waals surface area contributed by atoms with Crippen LogP contribution in [0.1, 0.15) is 91.6 Å². The molecule has 3 fully saturated rings. The maximum absolute atomic E-state index is 14.0. The Morgan fingerprint density at radius 2 is 1.59 bits per heavy atom. The number of imide groups is 1. The van der Waals surface area contributed by atoms with Gasteiger partial charge >= 0.3 is 0 Å². The van der Waals surface area contributed by atoms with Gasteiger partial charge in [-0.3, -0.25) is 48.7 Å². The lowest BCUT2D eigenvalue weighted by atomic mass is 9.94. The predicted octanol–water partition coefficient (Wildman–Crippen LogP) is 3.94. The maximum Gasteiger partial charge on any atom is 0.257 e. The van der Waals surface area contributed by atoms with Crippen LogP contribution in [0.5, 0.6) is 0 Å². The van der Waals surface area contributed by atoms with Crippen LogP contribution in [0.3, 0.4) is 0 Å². The van der Waals surface area contributed by atoms with Crippen molar-refractivity contribution in [1.82, 2.24) is 35.6 Å². The van der Waals surface area contributed by atoms with Crippen LogP contribution in [-0.2, 0) is 32.2 Å². The number of rotatable bonds is 18. The van der Waals surface area contributed by atoms with Gasteiger partial charge in [-0.15, -0.1) is 0 Å². The Balaban J connectivity index is 0.922. The molecule has 3 saturated heterocycles. The molecule has 1 aromatic heterocycles. The van der Waals surface area contributed by atoms with Crippen molar-refractivity contribution >= 4 is 47.2 Å². The van der Waals surface area contributed by atoms with Crippen molar-refractivity contribution in [3.05, 3.63) is 116 Å². The summed E-state index contributed by atoms with van der Waals surface area (Å²) in [5.41, 5.74) is 8.20. The average molecular weight is 944 g/mol. The summed E-state index contributed by atoms with van der Waals surface area (Å²) in [6, 6.07) is 18.8. The second-order valence-electron chi connectivity index (χ2n) is 18.2. The number of piperazine rings is 1. The smallest absolute Gasteiger partial charge is 0.257 e. The number of hydrogen-bond acceptors (Lipinski definition) is 12. The molecule has 1 unspecified atom stereocenters. The maximum atomic E-state index is 14.0. The number of carbonyl (C=O) groups excluding carboxylic acids is 6. The minimum atomic E-state index is -0.844. The van der Waals surface area contributed by atoms with Crippen LogP contribution < -0.4 is 31.7 Å². The van der Waals surface area contributed by atoms with Gasteiger partial charge in [0.25, 0.3) is 17.4 Å². The van der Waals surface area contributed by atoms with Gasteiger partial charge in [-0.1, -0.05) is 36.4 Å². The highest BCUT2D eigenvalue weighted by atomic mass is 16.5. The molecule has 3 aromatic carbocycles. The van der Waals surface area contributed by atoms with Crippen molar-refractivity contribution in [3.63, 3.8) is 0 Å². The number of nitrogens with one attached hydrogen (secondary N) is 5. The Kier molecular flexibility index (Phi) is 16.8. The van der Waals surface area contributed by atoms with Gasteiger partial charge in [0.15, 0.2) is 6.29 Å². The van der Waals surface area contributed by atoms with Crippen molar-refractivity contribution in [1.29, 1.82) is 0 Å². The molecule has 0 bridgehead atoms. The number of likely N-dealkylation sites (N-methyl/N-ethyl adjacent to an activating group) is 1. The summed E-state index contributed by atoms with van der Waals surface area (Å²) in [4.78, 5) is 100. The summed E-state index contributed by atoms with van der Waals surface area (Å²) in [6.07, 6.45) is 2.71. The van der Waals surface area contributed by atoms with E-state index in [1.807, 2.05) is 32.9 Å². The molecular weight excluding hydrogens is 879 g/mol. The highest BCUT2D eigenvalue weighted by Crippen LogP contribution is 2.34. The molecule has 3 aliphatic rings. The number of carbonyl (C=O) groups is 6. The molecule has 0 aliphatic carbocycles. The van der Waals surface area contributed by atoms with Gasteiger partial charge < -0.3 is 35.5 Å². The number of nitrogens with zero attached hydrogens (tertiary/aromatic N) is 4. The first-order valence-corrected chi connectivity index (χ1v) is 23.9. The summed E-state index contributed by atoms with van der Waals surface area (Å²) in [5, 5.41) is 11.4. The van der Waals surface area contributed by atoms with Gasteiger partial charge in [-0.25, -0.2) is 0 Å². The van der Waals surface area contributed by atoms with Gasteiger partial charge in [0.1, 0.15) is 6.04 Å². The van der Waals surface area contributed by atoms with Gasteiger partial charge in [0.2, 0.25) is 17.7 Å². The third kappa shape index (κ3) is 12.3. The Morgan fingerprint density at radius 1 is 0.870 bits per heavy atom. The van der Waals surface area contributed by atoms with Crippen molar-refractivity contribution in [2.45, 2.75) is 78.6 Å². The molecule has 5 N–H and O–H groups in total. The number of anilines is 2. The van der Waals surface area contributed by atoms with E-state index >= 15 is 0 Å². The number of aryl methyl sites for hydroxylation is 2. The lowest BCUT2D eigenvalue weighted by molar-refractivity contribution is -0.136. The second-order valence-corrected chi connectivity index (χ2v) is 18.2. The lowest BCUT2D eigenvalue weighted by Gasteiger charge is -2.37. The fraction of sp³-hybridized carbons (Fsp3) is 0.442. The Labute approximate surface area is 403 Å². The molecule has 69 heavy (non-hydrogen) atoms. The lowest BCUT2D eigenvalue weighted by Crippen LogP contribution is -2.53. The van der Waals surface area contributed by atoms with E-state index in [-0.39, 0.29) is 73.4 Å². The quantitative estimate of drug-likeness (QED) is 0.0547. The molecule has 17 heteroatoms. The average Bonchev–Trinajstić information content (AvgIpc) is 3.34. The molecule has 0 radical (unpaired) electrons. The number of aromatic nitrogens is 1. The van der Waals surface area contributed by atoms with E-state index in [2.05, 4.69) is 78.2 Å². The number of pyridine rings is 1. The summed E-state index contributed by atoms with van der Waals surface area (Å²) in [5.74, 6) is -1.83. The van der Waals surface area contributed by atoms with Crippen LogP contribution in [0.15, 0.2) is 65.5 Å². The third-order valence-corrected chi connectivity index (χ3v) is 13.5. The highest BCUT2D eigenvalue weighted by Gasteiger charge is 2.34. The Hall–Kier alpha value is -6.69. The molecule has 5 amide bonds. The van der Waals surface area contributed by atoms with Crippen LogP contribution in [0.25, 0.3) is 11.1 Å². The summed E-state index contributed by atoms with van der Waals surface area (Å²) in [6.45, 7) is 14.8. The monoisotopic (exact) mass is 943 g/mol. The van der Waals surface area contributed by atoms with E-state index in [4.69, 9.17) is 4.74 Å². The third-order valence-electron chi connectivity index (χ3n) is 13.5. The molecule has 3 aliphatic heterocycles. The second kappa shape index (κ2) is 23.1. The number of aromatic amines is 1. The number of amides is 5. The zero-order valence-electron chi connectivity index (χ0n) is 40.4. The van der Waals surface area contributed by atoms with E-state index in [0.29, 0.717) is 42.4 Å². The van der Waals surface area contributed by atoms with Gasteiger partial charge in [0.05, 0.1) is 12.1 Å². The van der Waals surface area contributed by atoms with Crippen molar-refractivity contribution in [2.24, 2.45) is 0 Å². The first-order valence-electron chi connectivity index (χ1n) is 23.9. The fourth-order valence-electron chi connectivity index (χ4n) is 9.64. The van der Waals surface area contributed by atoms with E-state index < -0.39 is 17.9 Å². The summed E-state index contributed by atoms with van der Waals surface area (Å²) < 4.78 is 5.69. The minimum Gasteiger partial charge on any atom is -0.383 e. The topological polar surface area (TPSA) is 206 Å². The first kappa shape index (κ1) is 50.2. The van der Waals surface area contributed by atoms with E-state index in [0.717, 1.165) is 91.3 Å². The van der Waals surface area contributed by atoms with Gasteiger partial charge in [-0.2, -0.15) is 0 Å². The van der Waals surface area contributed by atoms with Crippen LogP contribution in [0, 0.1) is 20.8 Å². The number of ether oxygens (including phenoxy) is 1. The normalized spacial score (nSPS) is 16.9. The Bertz CT molecular complexity index is 2600. The zero-order chi connectivity index (χ0) is 49.2. The molecule has 0 saturated carbocycles. The largest absolute Gasteiger partial charge is 0.383 e. The standard InChI is InChI=1S/C52H65N9O8/c1-6-61(40-16-24-69-25-17-40)45-28-39(27-41(35(45)4)49(65)55-29-42-33(2)26-34(3)56-50(42)66)37-12-10-36(11-13-37)30-59-20-22-60(23-21-59)31-47(64)54-19-18-53-43-9-7-8-38(32-62)48(43)52(68)58(5)44-14-15-46(63)57-51(44)67/h7-13,26-28,32,40,44,53H,6,14-25,29-31H2,1-5H3,(H,54,64)(H,55,65)(H,56,66)(H,57,63,67). The number of H-pyrrole nitrogens is 1. The molecule has 4 heterocycles. The first-order chi connectivity index (χ1) is 33.2. The molecule has 17 nitrogen and oxygen atoms in total. The minimum absolute atomic E-state index is 0.112. The van der Waals surface area contributed by atoms with E-state index in [1.165, 1.54) is 18.0 Å². The van der Waals surface area contributed by atoms with E-state index in [9.17, 15) is 33.6 Å². The van der Waals surface area contributed by atoms with Crippen LogP contribution in [0.4, 0.5) is 11.4 Å². The van der Waals surface area contributed by atoms with Crippen molar-refractivity contribution in [2.75, 3.05) is 82.8 Å². The Morgan fingerprint density at radius 3 is 2.28 bits per heavy atom. The van der Waals surface area contributed by atoms with Gasteiger partial charge in [0, 0.05) is 125 Å². The number of hydrogen-bond donors (Lipinski definition) is 5. The van der Waals surface area contributed by atoms with Crippen molar-refractivity contribution < 1.29 is 33.5 Å². The van der Waals surface area contributed by atoms with Crippen LogP contribution in [-0.4, -0.2) is 140 Å². The van der Waals surface area contributed by atoms with Gasteiger partial charge in [-0.05, 0) is 99.0 Å². The van der Waals surface area contributed by atoms with Crippen molar-refractivity contribution in [3.8, 4) is 11.1 Å².